The number of hydrogen-bond donors (Lipinski definition) is 2. The third-order valence-electron chi connectivity index (χ3n) is 5.09. The third-order valence-corrected chi connectivity index (χ3v) is 5.09. The molecular weight excluding hydrogens is 234 g/mol. The van der Waals surface area contributed by atoms with Crippen LogP contribution in [0.4, 0.5) is 5.69 Å². The normalized spacial score (nSPS) is 34.5. The second-order valence-electron chi connectivity index (χ2n) is 6.43. The quantitative estimate of drug-likeness (QED) is 0.875. The van der Waals surface area contributed by atoms with E-state index in [1.165, 1.54) is 36.9 Å². The van der Waals surface area contributed by atoms with Gasteiger partial charge in [0.25, 0.3) is 0 Å². The number of hydrogen-bond acceptors (Lipinski definition) is 3. The summed E-state index contributed by atoms with van der Waals surface area (Å²) < 4.78 is 0. The summed E-state index contributed by atoms with van der Waals surface area (Å²) in [5.74, 6) is 0. The smallest absolute Gasteiger partial charge is 0.0525 e. The van der Waals surface area contributed by atoms with Crippen LogP contribution in [-0.2, 0) is 0 Å². The van der Waals surface area contributed by atoms with Crippen molar-refractivity contribution in [3.63, 3.8) is 0 Å². The van der Waals surface area contributed by atoms with Crippen LogP contribution in [0.3, 0.4) is 0 Å². The molecule has 3 N–H and O–H groups in total. The Labute approximate surface area is 116 Å². The van der Waals surface area contributed by atoms with E-state index in [-0.39, 0.29) is 5.54 Å². The van der Waals surface area contributed by atoms with Crippen molar-refractivity contribution >= 4 is 5.69 Å². The van der Waals surface area contributed by atoms with Crippen LogP contribution in [-0.4, -0.2) is 36.1 Å². The fraction of sp³-hybridized carbons (Fsp3) is 0.625. The van der Waals surface area contributed by atoms with Crippen molar-refractivity contribution in [2.45, 2.75) is 50.2 Å². The molecule has 0 saturated carbocycles. The number of rotatable bonds is 3. The summed E-state index contributed by atoms with van der Waals surface area (Å²) in [4.78, 5) is 2.56. The maximum absolute atomic E-state index is 6.13. The molecule has 1 aromatic rings. The maximum Gasteiger partial charge on any atom is 0.0525 e. The zero-order valence-corrected chi connectivity index (χ0v) is 12.0. The van der Waals surface area contributed by atoms with Crippen molar-refractivity contribution < 1.29 is 0 Å². The van der Waals surface area contributed by atoms with Gasteiger partial charge in [0.1, 0.15) is 0 Å². The Bertz CT molecular complexity index is 426. The van der Waals surface area contributed by atoms with Crippen LogP contribution in [0, 0.1) is 6.92 Å². The van der Waals surface area contributed by atoms with Crippen LogP contribution in [0.15, 0.2) is 24.3 Å². The second kappa shape index (κ2) is 4.80. The van der Waals surface area contributed by atoms with Gasteiger partial charge in [0.2, 0.25) is 0 Å². The van der Waals surface area contributed by atoms with Crippen molar-refractivity contribution in [2.75, 3.05) is 18.9 Å². The van der Waals surface area contributed by atoms with Gasteiger partial charge in [-0.3, -0.25) is 0 Å². The molecule has 3 nitrogen and oxygen atoms in total. The molecule has 2 heterocycles. The third kappa shape index (κ3) is 2.37. The molecule has 2 unspecified atom stereocenters. The molecule has 2 atom stereocenters. The molecular formula is C16H25N3. The SMILES string of the molecule is Cc1ccc(NC2(CN)CC3CCC(C2)N3C)cc1. The minimum Gasteiger partial charge on any atom is -0.378 e. The minimum absolute atomic E-state index is 0.0909. The number of anilines is 1. The number of piperidine rings is 1. The Kier molecular flexibility index (Phi) is 3.27. The Hall–Kier alpha value is -1.06. The van der Waals surface area contributed by atoms with Gasteiger partial charge in [-0.1, -0.05) is 17.7 Å². The largest absolute Gasteiger partial charge is 0.378 e. The highest BCUT2D eigenvalue weighted by molar-refractivity contribution is 5.47. The predicted octanol–water partition coefficient (Wildman–Crippen LogP) is 2.36. The number of nitrogens with one attached hydrogen (secondary N) is 1. The Balaban J connectivity index is 1.79. The summed E-state index contributed by atoms with van der Waals surface area (Å²) in [6.07, 6.45) is 5.01. The van der Waals surface area contributed by atoms with E-state index < -0.39 is 0 Å². The van der Waals surface area contributed by atoms with Crippen molar-refractivity contribution in [1.29, 1.82) is 0 Å². The maximum atomic E-state index is 6.13. The molecule has 2 bridgehead atoms. The average Bonchev–Trinajstić information content (AvgIpc) is 2.65. The lowest BCUT2D eigenvalue weighted by Crippen LogP contribution is -2.57. The molecule has 1 aromatic carbocycles. The monoisotopic (exact) mass is 259 g/mol. The van der Waals surface area contributed by atoms with E-state index in [1.54, 1.807) is 0 Å². The first kappa shape index (κ1) is 12.9. The van der Waals surface area contributed by atoms with Gasteiger partial charge in [-0.15, -0.1) is 0 Å². The first-order valence-electron chi connectivity index (χ1n) is 7.39. The zero-order chi connectivity index (χ0) is 13.5. The van der Waals surface area contributed by atoms with Gasteiger partial charge in [-0.2, -0.15) is 0 Å². The molecule has 3 rings (SSSR count). The standard InChI is InChI=1S/C16H25N3/c1-12-3-5-13(6-4-12)18-16(11-17)9-14-7-8-15(10-16)19(14)2/h3-6,14-15,18H,7-11,17H2,1-2H3. The summed E-state index contributed by atoms with van der Waals surface area (Å²) in [5, 5.41) is 3.74. The minimum atomic E-state index is 0.0909. The predicted molar refractivity (Wildman–Crippen MR) is 80.4 cm³/mol. The molecule has 2 saturated heterocycles. The van der Waals surface area contributed by atoms with E-state index in [2.05, 4.69) is 48.5 Å². The molecule has 0 aromatic heterocycles. The fourth-order valence-corrected chi connectivity index (χ4v) is 3.83. The highest BCUT2D eigenvalue weighted by atomic mass is 15.2. The summed E-state index contributed by atoms with van der Waals surface area (Å²) in [7, 11) is 2.27. The van der Waals surface area contributed by atoms with E-state index in [1.807, 2.05) is 0 Å². The molecule has 0 amide bonds. The lowest BCUT2D eigenvalue weighted by Gasteiger charge is -2.45. The van der Waals surface area contributed by atoms with Gasteiger partial charge in [0.15, 0.2) is 0 Å². The summed E-state index contributed by atoms with van der Waals surface area (Å²) in [6.45, 7) is 2.85. The second-order valence-corrected chi connectivity index (χ2v) is 6.43. The lowest BCUT2D eigenvalue weighted by atomic mass is 9.82. The van der Waals surface area contributed by atoms with Gasteiger partial charge in [-0.25, -0.2) is 0 Å². The molecule has 104 valence electrons. The van der Waals surface area contributed by atoms with Gasteiger partial charge < -0.3 is 16.0 Å². The number of benzene rings is 1. The van der Waals surface area contributed by atoms with Crippen LogP contribution >= 0.6 is 0 Å². The van der Waals surface area contributed by atoms with Crippen molar-refractivity contribution in [3.05, 3.63) is 29.8 Å². The topological polar surface area (TPSA) is 41.3 Å². The van der Waals surface area contributed by atoms with Crippen molar-refractivity contribution in [3.8, 4) is 0 Å². The van der Waals surface area contributed by atoms with E-state index in [0.717, 1.165) is 6.54 Å². The fourth-order valence-electron chi connectivity index (χ4n) is 3.83. The van der Waals surface area contributed by atoms with Crippen LogP contribution in [0.25, 0.3) is 0 Å². The number of fused-ring (bicyclic) bond motifs is 2. The van der Waals surface area contributed by atoms with Crippen LogP contribution in [0.2, 0.25) is 0 Å². The molecule has 0 aliphatic carbocycles. The molecule has 2 aliphatic rings. The van der Waals surface area contributed by atoms with Crippen LogP contribution in [0.5, 0.6) is 0 Å². The summed E-state index contributed by atoms with van der Waals surface area (Å²) >= 11 is 0. The molecule has 2 aliphatic heterocycles. The van der Waals surface area contributed by atoms with Gasteiger partial charge >= 0.3 is 0 Å². The first-order valence-corrected chi connectivity index (χ1v) is 7.39. The molecule has 0 spiro atoms. The highest BCUT2D eigenvalue weighted by Crippen LogP contribution is 2.40. The zero-order valence-electron chi connectivity index (χ0n) is 12.0. The van der Waals surface area contributed by atoms with Gasteiger partial charge in [-0.05, 0) is 51.8 Å². The van der Waals surface area contributed by atoms with E-state index >= 15 is 0 Å². The molecule has 3 heteroatoms. The van der Waals surface area contributed by atoms with Crippen molar-refractivity contribution in [1.82, 2.24) is 4.90 Å². The van der Waals surface area contributed by atoms with E-state index in [0.29, 0.717) is 12.1 Å². The van der Waals surface area contributed by atoms with E-state index in [4.69, 9.17) is 5.73 Å². The Morgan fingerprint density at radius 3 is 2.32 bits per heavy atom. The number of nitrogens with two attached hydrogens (primary N) is 1. The van der Waals surface area contributed by atoms with Crippen LogP contribution in [0.1, 0.15) is 31.2 Å². The average molecular weight is 259 g/mol. The number of aryl methyl sites for hydroxylation is 1. The molecule has 19 heavy (non-hydrogen) atoms. The van der Waals surface area contributed by atoms with Gasteiger partial charge in [0, 0.05) is 24.3 Å². The Morgan fingerprint density at radius 2 is 1.79 bits per heavy atom. The lowest BCUT2D eigenvalue weighted by molar-refractivity contribution is 0.127. The first-order chi connectivity index (χ1) is 9.12. The van der Waals surface area contributed by atoms with Crippen LogP contribution < -0.4 is 11.1 Å². The van der Waals surface area contributed by atoms with Gasteiger partial charge in [0.05, 0.1) is 5.54 Å². The highest BCUT2D eigenvalue weighted by Gasteiger charge is 2.46. The summed E-state index contributed by atoms with van der Waals surface area (Å²) in [5.41, 5.74) is 8.73. The molecule has 0 radical (unpaired) electrons. The number of nitrogens with zero attached hydrogens (tertiary/aromatic N) is 1. The van der Waals surface area contributed by atoms with Crippen molar-refractivity contribution in [2.24, 2.45) is 5.73 Å². The van der Waals surface area contributed by atoms with E-state index in [9.17, 15) is 0 Å². The Morgan fingerprint density at radius 1 is 1.21 bits per heavy atom. The molecule has 2 fully saturated rings. The summed E-state index contributed by atoms with van der Waals surface area (Å²) in [6, 6.07) is 10.1.